The van der Waals surface area contributed by atoms with Gasteiger partial charge in [-0.05, 0) is 24.5 Å². The van der Waals surface area contributed by atoms with Crippen molar-refractivity contribution < 1.29 is 13.5 Å². The Bertz CT molecular complexity index is 474. The minimum absolute atomic E-state index is 0.0718. The van der Waals surface area contributed by atoms with E-state index in [1.807, 2.05) is 6.92 Å². The molecular weight excluding hydrogens is 252 g/mol. The first-order valence-electron chi connectivity index (χ1n) is 6.05. The van der Waals surface area contributed by atoms with Crippen molar-refractivity contribution in [2.24, 2.45) is 5.73 Å². The molecule has 1 aromatic rings. The maximum Gasteiger partial charge on any atom is 0.179 e. The summed E-state index contributed by atoms with van der Waals surface area (Å²) < 4.78 is 23.9. The number of hydrogen-bond acceptors (Lipinski definition) is 5. The summed E-state index contributed by atoms with van der Waals surface area (Å²) in [6, 6.07) is 1.40. The third kappa shape index (κ3) is 4.04. The van der Waals surface area contributed by atoms with E-state index in [1.54, 1.807) is 12.3 Å². The van der Waals surface area contributed by atoms with E-state index in [0.29, 0.717) is 0 Å². The lowest BCUT2D eigenvalue weighted by Gasteiger charge is -2.11. The van der Waals surface area contributed by atoms with Gasteiger partial charge < -0.3 is 10.8 Å². The van der Waals surface area contributed by atoms with Crippen LogP contribution in [0.5, 0.6) is 0 Å². The molecule has 1 aromatic heterocycles. The Morgan fingerprint density at radius 3 is 2.78 bits per heavy atom. The Hall–Kier alpha value is -0.980. The summed E-state index contributed by atoms with van der Waals surface area (Å²) in [6.07, 6.45) is 4.89. The van der Waals surface area contributed by atoms with Crippen LogP contribution in [-0.2, 0) is 9.84 Å². The summed E-state index contributed by atoms with van der Waals surface area (Å²) in [6.45, 7) is 1.89. The highest BCUT2D eigenvalue weighted by Gasteiger charge is 2.16. The van der Waals surface area contributed by atoms with E-state index in [4.69, 9.17) is 10.8 Å². The molecule has 18 heavy (non-hydrogen) atoms. The summed E-state index contributed by atoms with van der Waals surface area (Å²) in [5, 5.41) is 8.69. The van der Waals surface area contributed by atoms with Crippen LogP contribution in [0.2, 0.25) is 0 Å². The van der Waals surface area contributed by atoms with E-state index in [1.165, 1.54) is 6.20 Å². The number of aliphatic hydroxyl groups is 1. The molecule has 0 aromatic carbocycles. The smallest absolute Gasteiger partial charge is 0.179 e. The first-order chi connectivity index (χ1) is 8.51. The van der Waals surface area contributed by atoms with Crippen LogP contribution in [0.3, 0.4) is 0 Å². The summed E-state index contributed by atoms with van der Waals surface area (Å²) in [5.41, 5.74) is 6.68. The first kappa shape index (κ1) is 15.1. The SMILES string of the molecule is CCCC(N)c1cncc(S(=O)(=O)CCCO)c1. The average Bonchev–Trinajstić information content (AvgIpc) is 2.37. The quantitative estimate of drug-likeness (QED) is 0.773. The van der Waals surface area contributed by atoms with Crippen LogP contribution in [-0.4, -0.2) is 30.9 Å². The van der Waals surface area contributed by atoms with Crippen LogP contribution in [0.4, 0.5) is 0 Å². The van der Waals surface area contributed by atoms with Gasteiger partial charge in [0.1, 0.15) is 0 Å². The molecule has 0 saturated carbocycles. The van der Waals surface area contributed by atoms with E-state index in [9.17, 15) is 8.42 Å². The Kier molecular flexibility index (Phi) is 5.71. The molecule has 0 bridgehead atoms. The number of hydrogen-bond donors (Lipinski definition) is 2. The number of nitrogens with zero attached hydrogens (tertiary/aromatic N) is 1. The monoisotopic (exact) mass is 272 g/mol. The molecule has 1 rings (SSSR count). The molecule has 102 valence electrons. The van der Waals surface area contributed by atoms with E-state index in [-0.39, 0.29) is 29.7 Å². The molecule has 0 spiro atoms. The van der Waals surface area contributed by atoms with Gasteiger partial charge in [-0.3, -0.25) is 4.98 Å². The van der Waals surface area contributed by atoms with Gasteiger partial charge in [0.15, 0.2) is 9.84 Å². The van der Waals surface area contributed by atoms with Crippen LogP contribution in [0, 0.1) is 0 Å². The second-order valence-electron chi connectivity index (χ2n) is 4.25. The maximum absolute atomic E-state index is 11.9. The molecular formula is C12H20N2O3S. The van der Waals surface area contributed by atoms with Gasteiger partial charge >= 0.3 is 0 Å². The van der Waals surface area contributed by atoms with Gasteiger partial charge in [0.05, 0.1) is 10.6 Å². The second kappa shape index (κ2) is 6.82. The van der Waals surface area contributed by atoms with E-state index < -0.39 is 9.84 Å². The van der Waals surface area contributed by atoms with E-state index in [0.717, 1.165) is 18.4 Å². The Morgan fingerprint density at radius 1 is 1.44 bits per heavy atom. The standard InChI is InChI=1S/C12H20N2O3S/c1-2-4-12(13)10-7-11(9-14-8-10)18(16,17)6-3-5-15/h7-9,12,15H,2-6,13H2,1H3. The summed E-state index contributed by atoms with van der Waals surface area (Å²) in [7, 11) is -3.37. The van der Waals surface area contributed by atoms with Crippen LogP contribution in [0.15, 0.2) is 23.4 Å². The third-order valence-corrected chi connectivity index (χ3v) is 4.46. The fraction of sp³-hybridized carbons (Fsp3) is 0.583. The van der Waals surface area contributed by atoms with Crippen molar-refractivity contribution in [1.82, 2.24) is 4.98 Å². The van der Waals surface area contributed by atoms with Gasteiger partial charge in [-0.25, -0.2) is 8.42 Å². The minimum atomic E-state index is -3.37. The summed E-state index contributed by atoms with van der Waals surface area (Å²) in [5.74, 6) is -0.0718. The van der Waals surface area contributed by atoms with Crippen molar-refractivity contribution in [2.75, 3.05) is 12.4 Å². The zero-order valence-corrected chi connectivity index (χ0v) is 11.4. The molecule has 1 heterocycles. The molecule has 0 saturated heterocycles. The van der Waals surface area contributed by atoms with Crippen LogP contribution in [0.1, 0.15) is 37.8 Å². The van der Waals surface area contributed by atoms with Gasteiger partial charge in [0.2, 0.25) is 0 Å². The Morgan fingerprint density at radius 2 is 2.17 bits per heavy atom. The summed E-state index contributed by atoms with van der Waals surface area (Å²) in [4.78, 5) is 4.12. The normalized spacial score (nSPS) is 13.5. The van der Waals surface area contributed by atoms with E-state index >= 15 is 0 Å². The molecule has 0 aliphatic carbocycles. The van der Waals surface area contributed by atoms with Crippen molar-refractivity contribution >= 4 is 9.84 Å². The highest BCUT2D eigenvalue weighted by Crippen LogP contribution is 2.19. The van der Waals surface area contributed by atoms with Crippen molar-refractivity contribution in [1.29, 1.82) is 0 Å². The molecule has 6 heteroatoms. The molecule has 0 fully saturated rings. The number of nitrogens with two attached hydrogens (primary N) is 1. The predicted molar refractivity (Wildman–Crippen MR) is 69.8 cm³/mol. The molecule has 5 nitrogen and oxygen atoms in total. The van der Waals surface area contributed by atoms with E-state index in [2.05, 4.69) is 4.98 Å². The van der Waals surface area contributed by atoms with Crippen molar-refractivity contribution in [3.8, 4) is 0 Å². The molecule has 0 radical (unpaired) electrons. The van der Waals surface area contributed by atoms with Crippen molar-refractivity contribution in [3.05, 3.63) is 24.0 Å². The van der Waals surface area contributed by atoms with Crippen molar-refractivity contribution in [3.63, 3.8) is 0 Å². The van der Waals surface area contributed by atoms with Crippen LogP contribution < -0.4 is 5.73 Å². The topological polar surface area (TPSA) is 93.3 Å². The number of rotatable bonds is 7. The Balaban J connectivity index is 2.94. The first-order valence-corrected chi connectivity index (χ1v) is 7.70. The predicted octanol–water partition coefficient (Wildman–Crippen LogP) is 1.04. The van der Waals surface area contributed by atoms with Gasteiger partial charge in [-0.2, -0.15) is 0 Å². The molecule has 0 aliphatic heterocycles. The van der Waals surface area contributed by atoms with Gasteiger partial charge in [0, 0.05) is 25.0 Å². The Labute approximate surface area is 108 Å². The van der Waals surface area contributed by atoms with Gasteiger partial charge in [-0.15, -0.1) is 0 Å². The lowest BCUT2D eigenvalue weighted by molar-refractivity contribution is 0.295. The molecule has 0 aliphatic rings. The number of pyridine rings is 1. The fourth-order valence-corrected chi connectivity index (χ4v) is 2.94. The lowest BCUT2D eigenvalue weighted by Crippen LogP contribution is -2.13. The van der Waals surface area contributed by atoms with Crippen LogP contribution >= 0.6 is 0 Å². The summed E-state index contributed by atoms with van der Waals surface area (Å²) >= 11 is 0. The molecule has 0 amide bonds. The zero-order valence-electron chi connectivity index (χ0n) is 10.5. The average molecular weight is 272 g/mol. The number of sulfone groups is 1. The molecule has 3 N–H and O–H groups in total. The second-order valence-corrected chi connectivity index (χ2v) is 6.35. The highest BCUT2D eigenvalue weighted by atomic mass is 32.2. The zero-order chi connectivity index (χ0) is 13.6. The van der Waals surface area contributed by atoms with Crippen molar-refractivity contribution in [2.45, 2.75) is 37.1 Å². The number of aromatic nitrogens is 1. The van der Waals surface area contributed by atoms with Gasteiger partial charge in [-0.1, -0.05) is 13.3 Å². The molecule has 1 unspecified atom stereocenters. The van der Waals surface area contributed by atoms with Gasteiger partial charge in [0.25, 0.3) is 0 Å². The minimum Gasteiger partial charge on any atom is -0.396 e. The van der Waals surface area contributed by atoms with Crippen LogP contribution in [0.25, 0.3) is 0 Å². The number of aliphatic hydroxyl groups excluding tert-OH is 1. The largest absolute Gasteiger partial charge is 0.396 e. The fourth-order valence-electron chi connectivity index (χ4n) is 1.66. The lowest BCUT2D eigenvalue weighted by atomic mass is 10.1. The highest BCUT2D eigenvalue weighted by molar-refractivity contribution is 7.91. The third-order valence-electron chi connectivity index (χ3n) is 2.69. The molecule has 1 atom stereocenters. The maximum atomic E-state index is 11.9.